The Kier molecular flexibility index (Phi) is 5.30. The van der Waals surface area contributed by atoms with Gasteiger partial charge in [-0.1, -0.05) is 30.3 Å². The molecule has 0 amide bonds. The van der Waals surface area contributed by atoms with Crippen molar-refractivity contribution in [2.24, 2.45) is 0 Å². The number of nitrogens with zero attached hydrogens (tertiary/aromatic N) is 4. The van der Waals surface area contributed by atoms with Crippen molar-refractivity contribution in [3.05, 3.63) is 72.1 Å². The number of carbonyl (C=O) groups is 1. The number of pyridine rings is 1. The first-order valence-electron chi connectivity index (χ1n) is 10.4. The van der Waals surface area contributed by atoms with Gasteiger partial charge in [-0.25, -0.2) is 14.5 Å². The molecule has 0 unspecified atom stereocenters. The fourth-order valence-electron chi connectivity index (χ4n) is 4.06. The molecule has 0 atom stereocenters. The fraction of sp³-hybridized carbons (Fsp3) is 0.208. The summed E-state index contributed by atoms with van der Waals surface area (Å²) < 4.78 is 7.01. The highest BCUT2D eigenvalue weighted by atomic mass is 16.5. The highest BCUT2D eigenvalue weighted by Crippen LogP contribution is 2.33. The van der Waals surface area contributed by atoms with Gasteiger partial charge in [-0.2, -0.15) is 5.10 Å². The van der Waals surface area contributed by atoms with E-state index < -0.39 is 5.97 Å². The quantitative estimate of drug-likeness (QED) is 0.502. The van der Waals surface area contributed by atoms with E-state index in [-0.39, 0.29) is 12.3 Å². The summed E-state index contributed by atoms with van der Waals surface area (Å²) in [5, 5.41) is 24.9. The van der Waals surface area contributed by atoms with Gasteiger partial charge in [0.15, 0.2) is 11.3 Å². The average molecular weight is 430 g/mol. The van der Waals surface area contributed by atoms with E-state index in [1.54, 1.807) is 10.7 Å². The number of morpholine rings is 1. The molecule has 4 aromatic rings. The predicted molar refractivity (Wildman–Crippen MR) is 120 cm³/mol. The maximum Gasteiger partial charge on any atom is 0.354 e. The summed E-state index contributed by atoms with van der Waals surface area (Å²) in [4.78, 5) is 18.5. The smallest absolute Gasteiger partial charge is 0.354 e. The van der Waals surface area contributed by atoms with Gasteiger partial charge in [0.2, 0.25) is 0 Å². The van der Waals surface area contributed by atoms with Crippen molar-refractivity contribution in [2.45, 2.75) is 6.61 Å². The van der Waals surface area contributed by atoms with Crippen LogP contribution >= 0.6 is 0 Å². The number of rotatable bonds is 5. The Bertz CT molecular complexity index is 1260. The van der Waals surface area contributed by atoms with E-state index in [9.17, 15) is 15.0 Å². The number of carboxylic acid groups (broad SMARTS) is 1. The third kappa shape index (κ3) is 3.59. The summed E-state index contributed by atoms with van der Waals surface area (Å²) >= 11 is 0. The lowest BCUT2D eigenvalue weighted by molar-refractivity contribution is 0.0691. The van der Waals surface area contributed by atoms with E-state index in [2.05, 4.69) is 15.0 Å². The molecule has 0 aliphatic carbocycles. The maximum atomic E-state index is 11.9. The van der Waals surface area contributed by atoms with Crippen LogP contribution in [0.5, 0.6) is 0 Å². The van der Waals surface area contributed by atoms with E-state index >= 15 is 0 Å². The van der Waals surface area contributed by atoms with Crippen molar-refractivity contribution in [1.82, 2.24) is 14.8 Å². The molecule has 2 aromatic heterocycles. The van der Waals surface area contributed by atoms with Crippen molar-refractivity contribution >= 4 is 22.7 Å². The molecule has 8 heteroatoms. The Balaban J connectivity index is 1.68. The van der Waals surface area contributed by atoms with Crippen LogP contribution in [0.1, 0.15) is 16.2 Å². The molecule has 8 nitrogen and oxygen atoms in total. The molecule has 162 valence electrons. The van der Waals surface area contributed by atoms with Gasteiger partial charge in [-0.05, 0) is 41.5 Å². The number of ether oxygens (including phenoxy) is 1. The number of hydrogen-bond donors (Lipinski definition) is 2. The van der Waals surface area contributed by atoms with Crippen molar-refractivity contribution in [3.8, 4) is 16.8 Å². The van der Waals surface area contributed by atoms with E-state index in [0.717, 1.165) is 30.0 Å². The van der Waals surface area contributed by atoms with Crippen LogP contribution in [0.3, 0.4) is 0 Å². The van der Waals surface area contributed by atoms with Crippen LogP contribution in [0, 0.1) is 0 Å². The van der Waals surface area contributed by atoms with E-state index in [0.29, 0.717) is 35.5 Å². The summed E-state index contributed by atoms with van der Waals surface area (Å²) in [5.41, 5.74) is 4.09. The largest absolute Gasteiger partial charge is 0.477 e. The number of aliphatic hydroxyl groups excluding tert-OH is 1. The Morgan fingerprint density at radius 2 is 1.72 bits per heavy atom. The maximum absolute atomic E-state index is 11.9. The van der Waals surface area contributed by atoms with E-state index in [1.165, 1.54) is 0 Å². The van der Waals surface area contributed by atoms with Crippen LogP contribution in [0.2, 0.25) is 0 Å². The topological polar surface area (TPSA) is 101 Å². The lowest BCUT2D eigenvalue weighted by Crippen LogP contribution is -2.36. The van der Waals surface area contributed by atoms with Gasteiger partial charge in [-0.3, -0.25) is 0 Å². The first kappa shape index (κ1) is 20.2. The predicted octanol–water partition coefficient (Wildman–Crippen LogP) is 3.11. The highest BCUT2D eigenvalue weighted by Gasteiger charge is 2.21. The molecule has 1 fully saturated rings. The minimum atomic E-state index is -1.12. The zero-order chi connectivity index (χ0) is 22.1. The standard InChI is InChI=1S/C24H22N4O4/c29-15-21-22-19(16-6-8-17(9-7-16)27-10-12-32-13-11-27)14-20(24(30)31)25-23(22)28(26-21)18-4-2-1-3-5-18/h1-9,14,29H,10-13,15H2,(H,30,31). The number of anilines is 1. The van der Waals surface area contributed by atoms with Gasteiger partial charge in [0.25, 0.3) is 0 Å². The van der Waals surface area contributed by atoms with E-state index in [4.69, 9.17) is 4.74 Å². The molecular weight excluding hydrogens is 408 g/mol. The number of fused-ring (bicyclic) bond motifs is 1. The number of hydrogen-bond acceptors (Lipinski definition) is 6. The number of aromatic nitrogens is 3. The average Bonchev–Trinajstić information content (AvgIpc) is 3.23. The molecule has 5 rings (SSSR count). The zero-order valence-corrected chi connectivity index (χ0v) is 17.3. The van der Waals surface area contributed by atoms with Crippen LogP contribution in [-0.4, -0.2) is 57.3 Å². The normalized spacial score (nSPS) is 14.1. The fourth-order valence-corrected chi connectivity index (χ4v) is 4.06. The summed E-state index contributed by atoms with van der Waals surface area (Å²) in [6, 6.07) is 18.9. The molecule has 0 saturated carbocycles. The SMILES string of the molecule is O=C(O)c1cc(-c2ccc(N3CCOCC3)cc2)c2c(CO)nn(-c3ccccc3)c2n1. The first-order chi connectivity index (χ1) is 15.7. The van der Waals surface area contributed by atoms with Crippen LogP contribution in [0.25, 0.3) is 27.8 Å². The molecule has 0 radical (unpaired) electrons. The van der Waals surface area contributed by atoms with Gasteiger partial charge in [0.05, 0.1) is 36.6 Å². The number of aliphatic hydroxyl groups is 1. The third-order valence-corrected chi connectivity index (χ3v) is 5.63. The first-order valence-corrected chi connectivity index (χ1v) is 10.4. The van der Waals surface area contributed by atoms with Crippen LogP contribution in [0.15, 0.2) is 60.7 Å². The molecule has 32 heavy (non-hydrogen) atoms. The molecule has 0 spiro atoms. The molecule has 1 aliphatic rings. The third-order valence-electron chi connectivity index (χ3n) is 5.63. The summed E-state index contributed by atoms with van der Waals surface area (Å²) in [5.74, 6) is -1.12. The number of benzene rings is 2. The van der Waals surface area contributed by atoms with Crippen molar-refractivity contribution in [3.63, 3.8) is 0 Å². The van der Waals surface area contributed by atoms with Crippen LogP contribution in [-0.2, 0) is 11.3 Å². The molecule has 2 N–H and O–H groups in total. The monoisotopic (exact) mass is 430 g/mol. The molecule has 1 saturated heterocycles. The zero-order valence-electron chi connectivity index (χ0n) is 17.3. The number of para-hydroxylation sites is 1. The second kappa shape index (κ2) is 8.41. The van der Waals surface area contributed by atoms with Crippen molar-refractivity contribution in [1.29, 1.82) is 0 Å². The molecule has 0 bridgehead atoms. The molecular formula is C24H22N4O4. The Labute approximate surface area is 184 Å². The molecule has 1 aliphatic heterocycles. The van der Waals surface area contributed by atoms with Gasteiger partial charge < -0.3 is 19.8 Å². The second-order valence-corrected chi connectivity index (χ2v) is 7.56. The lowest BCUT2D eigenvalue weighted by atomic mass is 10.0. The minimum Gasteiger partial charge on any atom is -0.477 e. The Hall–Kier alpha value is -3.75. The van der Waals surface area contributed by atoms with Gasteiger partial charge >= 0.3 is 5.97 Å². The van der Waals surface area contributed by atoms with E-state index in [1.807, 2.05) is 54.6 Å². The van der Waals surface area contributed by atoms with Crippen molar-refractivity contribution < 1.29 is 19.7 Å². The van der Waals surface area contributed by atoms with Crippen molar-refractivity contribution in [2.75, 3.05) is 31.2 Å². The minimum absolute atomic E-state index is 0.0775. The summed E-state index contributed by atoms with van der Waals surface area (Å²) in [6.45, 7) is 2.78. The van der Waals surface area contributed by atoms with Crippen LogP contribution < -0.4 is 4.90 Å². The van der Waals surface area contributed by atoms with Gasteiger partial charge in [0, 0.05) is 18.8 Å². The number of aromatic carboxylic acids is 1. The van der Waals surface area contributed by atoms with Gasteiger partial charge in [0.1, 0.15) is 0 Å². The second-order valence-electron chi connectivity index (χ2n) is 7.56. The van der Waals surface area contributed by atoms with Crippen LogP contribution in [0.4, 0.5) is 5.69 Å². The molecule has 3 heterocycles. The molecule has 2 aromatic carbocycles. The highest BCUT2D eigenvalue weighted by molar-refractivity contribution is 6.00. The van der Waals surface area contributed by atoms with Gasteiger partial charge in [-0.15, -0.1) is 0 Å². The lowest BCUT2D eigenvalue weighted by Gasteiger charge is -2.29. The Morgan fingerprint density at radius 1 is 1.00 bits per heavy atom. The Morgan fingerprint density at radius 3 is 2.38 bits per heavy atom. The summed E-state index contributed by atoms with van der Waals surface area (Å²) in [6.07, 6.45) is 0. The number of carboxylic acids is 1. The summed E-state index contributed by atoms with van der Waals surface area (Å²) in [7, 11) is 0.